The molecule has 2 unspecified atom stereocenters. The van der Waals surface area contributed by atoms with Crippen LogP contribution in [-0.4, -0.2) is 29.8 Å². The highest BCUT2D eigenvalue weighted by atomic mass is 16.2. The minimum absolute atomic E-state index is 0.272. The van der Waals surface area contributed by atoms with Gasteiger partial charge < -0.3 is 15.7 Å². The van der Waals surface area contributed by atoms with E-state index in [0.29, 0.717) is 18.1 Å². The van der Waals surface area contributed by atoms with Gasteiger partial charge >= 0.3 is 0 Å². The van der Waals surface area contributed by atoms with E-state index in [-0.39, 0.29) is 6.61 Å². The van der Waals surface area contributed by atoms with Gasteiger partial charge in [0.25, 0.3) is 0 Å². The first-order valence-corrected chi connectivity index (χ1v) is 7.51. The van der Waals surface area contributed by atoms with Crippen molar-refractivity contribution in [2.24, 2.45) is 5.73 Å². The van der Waals surface area contributed by atoms with Crippen LogP contribution in [0.1, 0.15) is 37.7 Å². The first-order valence-electron chi connectivity index (χ1n) is 7.51. The molecule has 2 heterocycles. The van der Waals surface area contributed by atoms with Gasteiger partial charge in [-0.2, -0.15) is 0 Å². The molecule has 0 saturated carbocycles. The number of aryl methyl sites for hydroxylation is 1. The van der Waals surface area contributed by atoms with Crippen LogP contribution in [-0.2, 0) is 6.42 Å². The first-order chi connectivity index (χ1) is 9.28. The fourth-order valence-corrected chi connectivity index (χ4v) is 3.80. The molecule has 0 aromatic heterocycles. The second-order valence-corrected chi connectivity index (χ2v) is 6.02. The summed E-state index contributed by atoms with van der Waals surface area (Å²) in [4.78, 5) is 2.60. The highest BCUT2D eigenvalue weighted by molar-refractivity contribution is 5.52. The van der Waals surface area contributed by atoms with Crippen molar-refractivity contribution in [3.63, 3.8) is 0 Å². The molecule has 2 aliphatic rings. The Kier molecular flexibility index (Phi) is 3.76. The standard InChI is InChI=1S/C16H24N2O/c17-13-10-15-6-7-16(11-13)18(15)14-5-1-3-12(9-14)4-2-8-19/h1,3,5,9,13,15-16,19H,2,4,6-8,10-11,17H2. The molecule has 2 saturated heterocycles. The fraction of sp³-hybridized carbons (Fsp3) is 0.625. The number of hydrogen-bond donors (Lipinski definition) is 2. The van der Waals surface area contributed by atoms with Crippen LogP contribution in [0.25, 0.3) is 0 Å². The summed E-state index contributed by atoms with van der Waals surface area (Å²) >= 11 is 0. The molecule has 19 heavy (non-hydrogen) atoms. The Bertz CT molecular complexity index is 421. The summed E-state index contributed by atoms with van der Waals surface area (Å²) < 4.78 is 0. The average molecular weight is 260 g/mol. The van der Waals surface area contributed by atoms with Crippen LogP contribution in [0.3, 0.4) is 0 Å². The molecular weight excluding hydrogens is 236 g/mol. The van der Waals surface area contributed by atoms with Crippen molar-refractivity contribution in [3.05, 3.63) is 29.8 Å². The Morgan fingerprint density at radius 3 is 2.63 bits per heavy atom. The third kappa shape index (κ3) is 2.63. The van der Waals surface area contributed by atoms with E-state index < -0.39 is 0 Å². The maximum Gasteiger partial charge on any atom is 0.0434 e. The predicted molar refractivity (Wildman–Crippen MR) is 78.3 cm³/mol. The monoisotopic (exact) mass is 260 g/mol. The summed E-state index contributed by atoms with van der Waals surface area (Å²) in [5.41, 5.74) is 8.83. The van der Waals surface area contributed by atoms with Crippen LogP contribution in [0.15, 0.2) is 24.3 Å². The van der Waals surface area contributed by atoms with Gasteiger partial charge in [0.2, 0.25) is 0 Å². The van der Waals surface area contributed by atoms with Gasteiger partial charge in [0.15, 0.2) is 0 Å². The average Bonchev–Trinajstić information content (AvgIpc) is 2.69. The third-order valence-corrected chi connectivity index (χ3v) is 4.60. The number of nitrogens with zero attached hydrogens (tertiary/aromatic N) is 1. The lowest BCUT2D eigenvalue weighted by atomic mass is 9.97. The molecule has 2 aliphatic heterocycles. The summed E-state index contributed by atoms with van der Waals surface area (Å²) in [5, 5.41) is 8.94. The Morgan fingerprint density at radius 1 is 1.21 bits per heavy atom. The number of benzene rings is 1. The van der Waals surface area contributed by atoms with Crippen molar-refractivity contribution in [2.75, 3.05) is 11.5 Å². The van der Waals surface area contributed by atoms with Gasteiger partial charge in [-0.05, 0) is 56.2 Å². The number of piperidine rings is 1. The van der Waals surface area contributed by atoms with Crippen molar-refractivity contribution in [3.8, 4) is 0 Å². The Balaban J connectivity index is 1.79. The molecule has 2 bridgehead atoms. The molecular formula is C16H24N2O. The number of anilines is 1. The summed E-state index contributed by atoms with van der Waals surface area (Å²) in [5.74, 6) is 0. The predicted octanol–water partition coefficient (Wildman–Crippen LogP) is 2.07. The Hall–Kier alpha value is -1.06. The maximum absolute atomic E-state index is 8.94. The van der Waals surface area contributed by atoms with E-state index in [9.17, 15) is 0 Å². The van der Waals surface area contributed by atoms with E-state index in [1.165, 1.54) is 24.1 Å². The number of rotatable bonds is 4. The molecule has 3 nitrogen and oxygen atoms in total. The minimum atomic E-state index is 0.272. The lowest BCUT2D eigenvalue weighted by Crippen LogP contribution is -2.47. The topological polar surface area (TPSA) is 49.5 Å². The van der Waals surface area contributed by atoms with Gasteiger partial charge in [0, 0.05) is 30.4 Å². The van der Waals surface area contributed by atoms with Crippen molar-refractivity contribution >= 4 is 5.69 Å². The van der Waals surface area contributed by atoms with Crippen LogP contribution >= 0.6 is 0 Å². The summed E-state index contributed by atoms with van der Waals surface area (Å²) in [6.07, 6.45) is 6.67. The quantitative estimate of drug-likeness (QED) is 0.871. The summed E-state index contributed by atoms with van der Waals surface area (Å²) in [7, 11) is 0. The van der Waals surface area contributed by atoms with E-state index in [1.54, 1.807) is 0 Å². The lowest BCUT2D eigenvalue weighted by molar-refractivity contribution is 0.288. The smallest absolute Gasteiger partial charge is 0.0434 e. The van der Waals surface area contributed by atoms with Crippen LogP contribution in [0, 0.1) is 0 Å². The number of aliphatic hydroxyl groups excluding tert-OH is 1. The van der Waals surface area contributed by atoms with Crippen LogP contribution in [0.5, 0.6) is 0 Å². The molecule has 1 aromatic rings. The zero-order chi connectivity index (χ0) is 13.2. The zero-order valence-electron chi connectivity index (χ0n) is 11.5. The molecule has 2 atom stereocenters. The number of nitrogens with two attached hydrogens (primary N) is 1. The molecule has 1 aromatic carbocycles. The lowest BCUT2D eigenvalue weighted by Gasteiger charge is -2.39. The normalized spacial score (nSPS) is 29.8. The second-order valence-electron chi connectivity index (χ2n) is 6.02. The Morgan fingerprint density at radius 2 is 1.95 bits per heavy atom. The first kappa shape index (κ1) is 12.9. The molecule has 104 valence electrons. The summed E-state index contributed by atoms with van der Waals surface area (Å²) in [6, 6.07) is 10.5. The van der Waals surface area contributed by atoms with Gasteiger partial charge in [0.05, 0.1) is 0 Å². The molecule has 3 heteroatoms. The van der Waals surface area contributed by atoms with Gasteiger partial charge in [-0.1, -0.05) is 12.1 Å². The van der Waals surface area contributed by atoms with E-state index in [1.807, 2.05) is 0 Å². The van der Waals surface area contributed by atoms with Crippen LogP contribution < -0.4 is 10.6 Å². The zero-order valence-corrected chi connectivity index (χ0v) is 11.5. The van der Waals surface area contributed by atoms with E-state index in [4.69, 9.17) is 10.8 Å². The maximum atomic E-state index is 8.94. The van der Waals surface area contributed by atoms with Gasteiger partial charge in [0.1, 0.15) is 0 Å². The van der Waals surface area contributed by atoms with Gasteiger partial charge in [-0.15, -0.1) is 0 Å². The van der Waals surface area contributed by atoms with Crippen molar-refractivity contribution in [2.45, 2.75) is 56.7 Å². The van der Waals surface area contributed by atoms with Crippen molar-refractivity contribution < 1.29 is 5.11 Å². The van der Waals surface area contributed by atoms with E-state index >= 15 is 0 Å². The van der Waals surface area contributed by atoms with Gasteiger partial charge in [-0.25, -0.2) is 0 Å². The number of fused-ring (bicyclic) bond motifs is 2. The molecule has 3 N–H and O–H groups in total. The molecule has 3 rings (SSSR count). The van der Waals surface area contributed by atoms with Gasteiger partial charge in [-0.3, -0.25) is 0 Å². The van der Waals surface area contributed by atoms with Crippen molar-refractivity contribution in [1.29, 1.82) is 0 Å². The molecule has 0 aliphatic carbocycles. The minimum Gasteiger partial charge on any atom is -0.396 e. The molecule has 0 spiro atoms. The highest BCUT2D eigenvalue weighted by Gasteiger charge is 2.39. The summed E-state index contributed by atoms with van der Waals surface area (Å²) in [6.45, 7) is 0.272. The number of aliphatic hydroxyl groups is 1. The van der Waals surface area contributed by atoms with Crippen molar-refractivity contribution in [1.82, 2.24) is 0 Å². The highest BCUT2D eigenvalue weighted by Crippen LogP contribution is 2.39. The molecule has 0 radical (unpaired) electrons. The Labute approximate surface area is 115 Å². The molecule has 0 amide bonds. The van der Waals surface area contributed by atoms with E-state index in [0.717, 1.165) is 25.7 Å². The van der Waals surface area contributed by atoms with E-state index in [2.05, 4.69) is 29.2 Å². The number of hydrogen-bond acceptors (Lipinski definition) is 3. The van der Waals surface area contributed by atoms with Crippen LogP contribution in [0.2, 0.25) is 0 Å². The second kappa shape index (κ2) is 5.51. The van der Waals surface area contributed by atoms with Crippen LogP contribution in [0.4, 0.5) is 5.69 Å². The molecule has 2 fully saturated rings. The SMILES string of the molecule is NC1CC2CCC(C1)N2c1cccc(CCCO)c1. The fourth-order valence-electron chi connectivity index (χ4n) is 3.80. The largest absolute Gasteiger partial charge is 0.396 e. The third-order valence-electron chi connectivity index (χ3n) is 4.60.